The number of benzene rings is 1. The van der Waals surface area contributed by atoms with Gasteiger partial charge in [0.05, 0.1) is 10.6 Å². The molecule has 0 aliphatic heterocycles. The molecule has 0 bridgehead atoms. The van der Waals surface area contributed by atoms with E-state index < -0.39 is 0 Å². The molecule has 1 aliphatic carbocycles. The summed E-state index contributed by atoms with van der Waals surface area (Å²) >= 11 is 1.60. The van der Waals surface area contributed by atoms with Gasteiger partial charge in [-0.3, -0.25) is 10.1 Å². The van der Waals surface area contributed by atoms with E-state index in [9.17, 15) is 10.1 Å². The van der Waals surface area contributed by atoms with Crippen molar-refractivity contribution in [3.05, 3.63) is 45.5 Å². The highest BCUT2D eigenvalue weighted by atomic mass is 32.1. The Labute approximate surface area is 102 Å². The van der Waals surface area contributed by atoms with Gasteiger partial charge in [-0.25, -0.2) is 4.98 Å². The summed E-state index contributed by atoms with van der Waals surface area (Å²) in [4.78, 5) is 14.7. The van der Waals surface area contributed by atoms with Gasteiger partial charge >= 0.3 is 0 Å². The SMILES string of the molecule is O=[N+]([O-])c1ccc(-c2nc(C3CC3)cs2)cc1. The minimum atomic E-state index is -0.388. The van der Waals surface area contributed by atoms with Gasteiger partial charge in [0.2, 0.25) is 0 Å². The molecular weight excluding hydrogens is 236 g/mol. The predicted octanol–water partition coefficient (Wildman–Crippen LogP) is 3.60. The van der Waals surface area contributed by atoms with Crippen molar-refractivity contribution in [2.45, 2.75) is 18.8 Å². The van der Waals surface area contributed by atoms with Crippen molar-refractivity contribution in [2.75, 3.05) is 0 Å². The molecule has 17 heavy (non-hydrogen) atoms. The topological polar surface area (TPSA) is 56.0 Å². The zero-order valence-corrected chi connectivity index (χ0v) is 9.81. The molecule has 0 amide bonds. The van der Waals surface area contributed by atoms with Crippen LogP contribution in [0, 0.1) is 10.1 Å². The van der Waals surface area contributed by atoms with Crippen molar-refractivity contribution in [3.8, 4) is 10.6 Å². The minimum Gasteiger partial charge on any atom is -0.258 e. The fraction of sp³-hybridized carbons (Fsp3) is 0.250. The average molecular weight is 246 g/mol. The third-order valence-electron chi connectivity index (χ3n) is 2.84. The van der Waals surface area contributed by atoms with E-state index in [2.05, 4.69) is 10.4 Å². The lowest BCUT2D eigenvalue weighted by Crippen LogP contribution is -1.87. The molecule has 1 heterocycles. The smallest absolute Gasteiger partial charge is 0.258 e. The predicted molar refractivity (Wildman–Crippen MR) is 66.2 cm³/mol. The van der Waals surface area contributed by atoms with Crippen molar-refractivity contribution in [1.29, 1.82) is 0 Å². The first-order valence-corrected chi connectivity index (χ1v) is 6.32. The monoisotopic (exact) mass is 246 g/mol. The van der Waals surface area contributed by atoms with Gasteiger partial charge in [0.1, 0.15) is 5.01 Å². The van der Waals surface area contributed by atoms with E-state index in [0.29, 0.717) is 5.92 Å². The highest BCUT2D eigenvalue weighted by Crippen LogP contribution is 2.41. The van der Waals surface area contributed by atoms with Gasteiger partial charge in [0, 0.05) is 29.0 Å². The van der Waals surface area contributed by atoms with E-state index in [4.69, 9.17) is 0 Å². The Morgan fingerprint density at radius 2 is 2.00 bits per heavy atom. The Kier molecular flexibility index (Phi) is 2.40. The summed E-state index contributed by atoms with van der Waals surface area (Å²) in [6.45, 7) is 0. The maximum atomic E-state index is 10.5. The van der Waals surface area contributed by atoms with E-state index in [-0.39, 0.29) is 10.6 Å². The second-order valence-corrected chi connectivity index (χ2v) is 5.01. The number of thiazole rings is 1. The minimum absolute atomic E-state index is 0.118. The molecule has 2 aromatic rings. The summed E-state index contributed by atoms with van der Waals surface area (Å²) in [5, 5.41) is 13.6. The quantitative estimate of drug-likeness (QED) is 0.614. The molecule has 4 nitrogen and oxygen atoms in total. The van der Waals surface area contributed by atoms with Crippen molar-refractivity contribution in [3.63, 3.8) is 0 Å². The largest absolute Gasteiger partial charge is 0.269 e. The molecule has 86 valence electrons. The molecule has 0 spiro atoms. The van der Waals surface area contributed by atoms with Crippen LogP contribution < -0.4 is 0 Å². The van der Waals surface area contributed by atoms with E-state index in [1.54, 1.807) is 23.5 Å². The number of hydrogen-bond acceptors (Lipinski definition) is 4. The maximum absolute atomic E-state index is 10.5. The van der Waals surface area contributed by atoms with Crippen molar-refractivity contribution < 1.29 is 4.92 Å². The molecule has 1 saturated carbocycles. The molecule has 0 atom stereocenters. The fourth-order valence-electron chi connectivity index (χ4n) is 1.71. The van der Waals surface area contributed by atoms with Crippen LogP contribution in [-0.2, 0) is 0 Å². The summed E-state index contributed by atoms with van der Waals surface area (Å²) in [5.41, 5.74) is 2.24. The van der Waals surface area contributed by atoms with Crippen LogP contribution in [-0.4, -0.2) is 9.91 Å². The van der Waals surface area contributed by atoms with Gasteiger partial charge in [-0.2, -0.15) is 0 Å². The van der Waals surface area contributed by atoms with Gasteiger partial charge in [-0.1, -0.05) is 0 Å². The maximum Gasteiger partial charge on any atom is 0.269 e. The zero-order chi connectivity index (χ0) is 11.8. The van der Waals surface area contributed by atoms with E-state index in [0.717, 1.165) is 10.6 Å². The number of nitro groups is 1. The Balaban J connectivity index is 1.89. The molecule has 1 aromatic heterocycles. The number of non-ortho nitro benzene ring substituents is 1. The first-order chi connectivity index (χ1) is 8.24. The first-order valence-electron chi connectivity index (χ1n) is 5.44. The van der Waals surface area contributed by atoms with Crippen molar-refractivity contribution >= 4 is 17.0 Å². The van der Waals surface area contributed by atoms with Gasteiger partial charge in [0.15, 0.2) is 0 Å². The lowest BCUT2D eigenvalue weighted by atomic mass is 10.2. The van der Waals surface area contributed by atoms with Crippen molar-refractivity contribution in [1.82, 2.24) is 4.98 Å². The number of nitro benzene ring substituents is 1. The van der Waals surface area contributed by atoms with E-state index in [1.165, 1.54) is 30.7 Å². The Morgan fingerprint density at radius 1 is 1.29 bits per heavy atom. The normalized spacial score (nSPS) is 14.8. The number of nitrogens with zero attached hydrogens (tertiary/aromatic N) is 2. The molecular formula is C12H10N2O2S. The molecule has 0 N–H and O–H groups in total. The zero-order valence-electron chi connectivity index (χ0n) is 9.00. The highest BCUT2D eigenvalue weighted by molar-refractivity contribution is 7.13. The van der Waals surface area contributed by atoms with Crippen LogP contribution in [0.1, 0.15) is 24.5 Å². The Hall–Kier alpha value is -1.75. The molecule has 1 aromatic carbocycles. The van der Waals surface area contributed by atoms with Crippen LogP contribution in [0.4, 0.5) is 5.69 Å². The lowest BCUT2D eigenvalue weighted by Gasteiger charge is -1.95. The van der Waals surface area contributed by atoms with E-state index >= 15 is 0 Å². The second kappa shape index (κ2) is 3.92. The average Bonchev–Trinajstić information content (AvgIpc) is 3.07. The lowest BCUT2D eigenvalue weighted by molar-refractivity contribution is -0.384. The molecule has 0 radical (unpaired) electrons. The van der Waals surface area contributed by atoms with Crippen LogP contribution in [0.2, 0.25) is 0 Å². The van der Waals surface area contributed by atoms with Gasteiger partial charge in [-0.05, 0) is 25.0 Å². The van der Waals surface area contributed by atoms with Crippen LogP contribution in [0.5, 0.6) is 0 Å². The van der Waals surface area contributed by atoms with Gasteiger partial charge < -0.3 is 0 Å². The number of aromatic nitrogens is 1. The number of hydrogen-bond donors (Lipinski definition) is 0. The summed E-state index contributed by atoms with van der Waals surface area (Å²) < 4.78 is 0. The summed E-state index contributed by atoms with van der Waals surface area (Å²) in [6, 6.07) is 6.56. The third-order valence-corrected chi connectivity index (χ3v) is 3.75. The standard InChI is InChI=1S/C12H10N2O2S/c15-14(16)10-5-3-9(4-6-10)12-13-11(7-17-12)8-1-2-8/h3-8H,1-2H2. The first kappa shape index (κ1) is 10.4. The van der Waals surface area contributed by atoms with Gasteiger partial charge in [0.25, 0.3) is 5.69 Å². The van der Waals surface area contributed by atoms with Crippen LogP contribution in [0.25, 0.3) is 10.6 Å². The van der Waals surface area contributed by atoms with Gasteiger partial charge in [-0.15, -0.1) is 11.3 Å². The highest BCUT2D eigenvalue weighted by Gasteiger charge is 2.26. The summed E-state index contributed by atoms with van der Waals surface area (Å²) in [5.74, 6) is 0.651. The molecule has 5 heteroatoms. The fourth-order valence-corrected chi connectivity index (χ4v) is 2.62. The summed E-state index contributed by atoms with van der Waals surface area (Å²) in [7, 11) is 0. The van der Waals surface area contributed by atoms with Crippen LogP contribution >= 0.6 is 11.3 Å². The van der Waals surface area contributed by atoms with Crippen molar-refractivity contribution in [2.24, 2.45) is 0 Å². The number of rotatable bonds is 3. The molecule has 1 aliphatic rings. The van der Waals surface area contributed by atoms with Crippen LogP contribution in [0.3, 0.4) is 0 Å². The Bertz CT molecular complexity index is 558. The Morgan fingerprint density at radius 3 is 2.59 bits per heavy atom. The molecule has 1 fully saturated rings. The van der Waals surface area contributed by atoms with E-state index in [1.807, 2.05) is 0 Å². The molecule has 0 saturated heterocycles. The third kappa shape index (κ3) is 2.06. The van der Waals surface area contributed by atoms with Crippen LogP contribution in [0.15, 0.2) is 29.6 Å². The molecule has 0 unspecified atom stereocenters. The second-order valence-electron chi connectivity index (χ2n) is 4.16. The summed E-state index contributed by atoms with van der Waals surface area (Å²) in [6.07, 6.45) is 2.48. The molecule has 3 rings (SSSR count).